The van der Waals surface area contributed by atoms with Crippen LogP contribution in [0.25, 0.3) is 21.2 Å². The minimum absolute atomic E-state index is 0.00292. The van der Waals surface area contributed by atoms with Gasteiger partial charge in [0.2, 0.25) is 5.91 Å². The number of benzene rings is 3. The molecule has 1 amide bonds. The number of thiophene rings is 1. The fraction of sp³-hybridized carbons (Fsp3) is 0.404. The average molecular weight is 1050 g/mol. The molecule has 20 heteroatoms. The molecule has 17 nitrogen and oxygen atoms in total. The number of amides is 1. The van der Waals surface area contributed by atoms with E-state index in [1.54, 1.807) is 19.3 Å². The smallest absolute Gasteiger partial charge is 0.219 e. The largest absolute Gasteiger partial charge is 0.483 e. The van der Waals surface area contributed by atoms with Crippen LogP contribution in [0.3, 0.4) is 0 Å². The lowest BCUT2D eigenvalue weighted by molar-refractivity contribution is -0.120. The van der Waals surface area contributed by atoms with E-state index in [0.717, 1.165) is 99.0 Å². The van der Waals surface area contributed by atoms with Crippen molar-refractivity contribution < 1.29 is 43.1 Å². The van der Waals surface area contributed by atoms with Crippen molar-refractivity contribution in [3.05, 3.63) is 99.3 Å². The van der Waals surface area contributed by atoms with Gasteiger partial charge in [-0.3, -0.25) is 24.6 Å². The molecule has 7 N–H and O–H groups in total. The average Bonchev–Trinajstić information content (AvgIpc) is 3.72. The van der Waals surface area contributed by atoms with E-state index in [1.807, 2.05) is 49.5 Å². The number of aliphatic hydroxyl groups is 2. The number of carbonyl (C=O) groups excluding carboxylic acids is 5. The van der Waals surface area contributed by atoms with Gasteiger partial charge in [-0.2, -0.15) is 0 Å². The number of anilines is 2. The summed E-state index contributed by atoms with van der Waals surface area (Å²) in [4.78, 5) is 62.2. The molecule has 2 saturated heterocycles. The molecule has 0 saturated carbocycles. The minimum Gasteiger partial charge on any atom is -0.483 e. The highest BCUT2D eigenvalue weighted by Gasteiger charge is 2.38. The first-order chi connectivity index (χ1) is 34.8. The van der Waals surface area contributed by atoms with Gasteiger partial charge in [0, 0.05) is 113 Å². The first-order valence-corrected chi connectivity index (χ1v) is 26.0. The van der Waals surface area contributed by atoms with Gasteiger partial charge in [-0.1, -0.05) is 48.0 Å². The van der Waals surface area contributed by atoms with Gasteiger partial charge in [-0.25, -0.2) is 13.5 Å². The van der Waals surface area contributed by atoms with E-state index in [-0.39, 0.29) is 29.8 Å². The SMILES string of the molecule is CNC(=O)CCCC=O.CNc1ccc(C2CCN(C(=N)/C=C3\N=CC=C(CS(=O)N4CCC(Nc5cccc(-c6sc(C=O)c(OCC=O)c6Cl)c5)CC4(C)C)N3)CC2)c2cccc(C=O)c12.CO.CO. The highest BCUT2D eigenvalue weighted by atomic mass is 35.5. The molecule has 0 spiro atoms. The highest BCUT2D eigenvalue weighted by Crippen LogP contribution is 2.45. The summed E-state index contributed by atoms with van der Waals surface area (Å²) in [5, 5.41) is 37.9. The molecule has 3 aromatic carbocycles. The number of hydrogen-bond donors (Lipinski definition) is 7. The molecule has 7 rings (SSSR count). The fourth-order valence-electron chi connectivity index (χ4n) is 8.85. The van der Waals surface area contributed by atoms with E-state index in [9.17, 15) is 28.2 Å². The third-order valence-corrected chi connectivity index (χ3v) is 15.5. The summed E-state index contributed by atoms with van der Waals surface area (Å²) in [7, 11) is 4.14. The van der Waals surface area contributed by atoms with Crippen LogP contribution < -0.4 is 26.0 Å². The Morgan fingerprint density at radius 1 is 1.00 bits per heavy atom. The third-order valence-electron chi connectivity index (χ3n) is 12.2. The van der Waals surface area contributed by atoms with E-state index >= 15 is 0 Å². The van der Waals surface area contributed by atoms with Crippen LogP contribution in [0, 0.1) is 5.41 Å². The third kappa shape index (κ3) is 15.5. The van der Waals surface area contributed by atoms with E-state index in [2.05, 4.69) is 67.5 Å². The Kier molecular flexibility index (Phi) is 23.9. The number of halogens is 1. The van der Waals surface area contributed by atoms with E-state index in [4.69, 9.17) is 32.0 Å². The number of nitrogens with zero attached hydrogens (tertiary/aromatic N) is 3. The van der Waals surface area contributed by atoms with Gasteiger partial charge < -0.3 is 45.9 Å². The van der Waals surface area contributed by atoms with Crippen LogP contribution in [0.5, 0.6) is 5.75 Å². The quantitative estimate of drug-likeness (QED) is 0.0223. The van der Waals surface area contributed by atoms with Crippen molar-refractivity contribution in [2.45, 2.75) is 76.3 Å². The maximum absolute atomic E-state index is 13.9. The number of aldehydes is 4. The van der Waals surface area contributed by atoms with Crippen LogP contribution >= 0.6 is 22.9 Å². The molecule has 3 aliphatic rings. The topological polar surface area (TPSA) is 243 Å². The van der Waals surface area contributed by atoms with Crippen LogP contribution in [0.15, 0.2) is 83.3 Å². The van der Waals surface area contributed by atoms with Gasteiger partial charge in [0.1, 0.15) is 45.4 Å². The van der Waals surface area contributed by atoms with Crippen LogP contribution in [0.1, 0.15) is 90.3 Å². The normalized spacial score (nSPS) is 17.2. The second kappa shape index (κ2) is 29.4. The number of ether oxygens (including phenoxy) is 1. The van der Waals surface area contributed by atoms with Crippen molar-refractivity contribution in [2.75, 3.05) is 70.9 Å². The van der Waals surface area contributed by atoms with Crippen molar-refractivity contribution in [3.8, 4) is 16.2 Å². The monoisotopic (exact) mass is 1050 g/mol. The zero-order chi connectivity index (χ0) is 52.8. The van der Waals surface area contributed by atoms with Crippen LogP contribution in [0.2, 0.25) is 5.02 Å². The number of amidine groups is 1. The Morgan fingerprint density at radius 2 is 1.74 bits per heavy atom. The van der Waals surface area contributed by atoms with E-state index < -0.39 is 11.0 Å². The molecule has 2 atom stereocenters. The van der Waals surface area contributed by atoms with Gasteiger partial charge in [-0.05, 0) is 92.7 Å². The molecule has 72 heavy (non-hydrogen) atoms. The maximum Gasteiger partial charge on any atom is 0.219 e. The Hall–Kier alpha value is -6.09. The lowest BCUT2D eigenvalue weighted by Crippen LogP contribution is -2.54. The molecular weight excluding hydrogens is 980 g/mol. The van der Waals surface area contributed by atoms with E-state index in [1.165, 1.54) is 16.9 Å². The fourth-order valence-corrected chi connectivity index (χ4v) is 11.8. The molecule has 0 radical (unpaired) electrons. The zero-order valence-corrected chi connectivity index (χ0v) is 44.1. The second-order valence-electron chi connectivity index (χ2n) is 17.2. The van der Waals surface area contributed by atoms with Crippen molar-refractivity contribution in [1.82, 2.24) is 19.8 Å². The lowest BCUT2D eigenvalue weighted by atomic mass is 9.85. The van der Waals surface area contributed by atoms with Gasteiger partial charge in [0.25, 0.3) is 0 Å². The highest BCUT2D eigenvalue weighted by molar-refractivity contribution is 7.82. The molecular formula is C52H67ClN8O9S2. The number of nitrogens with one attached hydrogen (secondary N) is 5. The molecule has 1 aromatic heterocycles. The predicted molar refractivity (Wildman–Crippen MR) is 290 cm³/mol. The van der Waals surface area contributed by atoms with Crippen molar-refractivity contribution in [2.24, 2.45) is 4.99 Å². The maximum atomic E-state index is 13.9. The van der Waals surface area contributed by atoms with Crippen molar-refractivity contribution in [3.63, 3.8) is 0 Å². The van der Waals surface area contributed by atoms with Gasteiger partial charge in [0.05, 0.1) is 10.6 Å². The number of allylic oxidation sites excluding steroid dienone is 1. The Bertz CT molecular complexity index is 2630. The number of fused-ring (bicyclic) bond motifs is 1. The molecule has 388 valence electrons. The number of hydrogen-bond acceptors (Lipinski definition) is 15. The molecule has 2 unspecified atom stereocenters. The minimum atomic E-state index is -1.32. The standard InChI is InChI=1S/C44H48ClN7O5S2.C6H11NO2.2CH4O/c1-44(2)24-32(49-31-8-4-6-29(22-31)43-41(45)42(57-21-20-53)37(26-55)58-43)15-19-52(44)59(56)27-33-12-16-48-39(50-33)23-38(46)51-17-13-28(14-18-51)34-10-11-36(47-3)40-30(25-54)7-5-9-35(34)40;1-7-6(9)4-2-3-5-8;2*1-2/h4-12,16,20,22-23,25-26,28,32,46-47,49-50H,13-15,17-19,21,24,27H2,1-3H3;5H,2-4H2,1H3,(H,7,9);2*2H,1H3/b39-23+,46-38?;;;. The molecule has 4 heterocycles. The van der Waals surface area contributed by atoms with Crippen LogP contribution in [0.4, 0.5) is 11.4 Å². The summed E-state index contributed by atoms with van der Waals surface area (Å²) < 4.78 is 21.4. The number of likely N-dealkylation sites (tertiary alicyclic amines) is 1. The summed E-state index contributed by atoms with van der Waals surface area (Å²) in [6, 6.07) is 18.1. The summed E-state index contributed by atoms with van der Waals surface area (Å²) in [5.41, 5.74) is 4.99. The molecule has 3 aliphatic heterocycles. The van der Waals surface area contributed by atoms with Crippen molar-refractivity contribution in [1.29, 1.82) is 5.41 Å². The summed E-state index contributed by atoms with van der Waals surface area (Å²) >= 11 is 7.82. The Labute approximate surface area is 433 Å². The summed E-state index contributed by atoms with van der Waals surface area (Å²) in [5.74, 6) is 1.75. The Balaban J connectivity index is 0.000000773. The number of piperidine rings is 2. The number of aliphatic hydroxyl groups excluding tert-OH is 2. The van der Waals surface area contributed by atoms with Gasteiger partial charge in [-0.15, -0.1) is 11.3 Å². The Morgan fingerprint density at radius 3 is 2.39 bits per heavy atom. The predicted octanol–water partition coefficient (Wildman–Crippen LogP) is 7.36. The summed E-state index contributed by atoms with van der Waals surface area (Å²) in [6.45, 7) is 6.12. The first kappa shape index (κ1) is 58.5. The number of unbranched alkanes of at least 4 members (excludes halogenated alkanes) is 1. The summed E-state index contributed by atoms with van der Waals surface area (Å²) in [6.07, 6.45) is 13.2. The van der Waals surface area contributed by atoms with Gasteiger partial charge in [0.15, 0.2) is 24.6 Å². The van der Waals surface area contributed by atoms with E-state index in [0.29, 0.717) is 82.0 Å². The number of carbonyl (C=O) groups is 5. The first-order valence-electron chi connectivity index (χ1n) is 23.5. The molecule has 2 fully saturated rings. The lowest BCUT2D eigenvalue weighted by Gasteiger charge is -2.45. The molecule has 4 aromatic rings. The van der Waals surface area contributed by atoms with Gasteiger partial charge >= 0.3 is 0 Å². The number of rotatable bonds is 18. The molecule has 0 aliphatic carbocycles. The zero-order valence-electron chi connectivity index (χ0n) is 41.7. The van der Waals surface area contributed by atoms with Crippen LogP contribution in [-0.4, -0.2) is 139 Å². The van der Waals surface area contributed by atoms with Crippen LogP contribution in [-0.2, 0) is 25.4 Å². The second-order valence-corrected chi connectivity index (χ2v) is 20.0. The van der Waals surface area contributed by atoms with Crippen molar-refractivity contribution >= 4 is 99.2 Å². The molecule has 0 bridgehead atoms. The number of aliphatic imine (C=N–C) groups is 1.